The van der Waals surface area contributed by atoms with Crippen LogP contribution in [0.15, 0.2) is 12.7 Å². The Bertz CT molecular complexity index is 112. The second kappa shape index (κ2) is 7.32. The molecule has 64 valence electrons. The van der Waals surface area contributed by atoms with Gasteiger partial charge in [-0.05, 0) is 6.42 Å². The summed E-state index contributed by atoms with van der Waals surface area (Å²) < 4.78 is 0. The first-order valence-electron chi connectivity index (χ1n) is 4.17. The second-order valence-electron chi connectivity index (χ2n) is 2.62. The summed E-state index contributed by atoms with van der Waals surface area (Å²) in [5, 5.41) is 2.69. The zero-order valence-corrected chi connectivity index (χ0v) is 7.18. The van der Waals surface area contributed by atoms with Gasteiger partial charge < -0.3 is 5.32 Å². The van der Waals surface area contributed by atoms with Crippen LogP contribution < -0.4 is 5.32 Å². The fourth-order valence-corrected chi connectivity index (χ4v) is 0.971. The van der Waals surface area contributed by atoms with Crippen molar-refractivity contribution in [1.29, 1.82) is 0 Å². The third kappa shape index (κ3) is 5.64. The lowest BCUT2D eigenvalue weighted by molar-refractivity contribution is -0.109. The largest absolute Gasteiger partial charge is 0.352 e. The van der Waals surface area contributed by atoms with Gasteiger partial charge in [0.15, 0.2) is 0 Å². The molecule has 1 unspecified atom stereocenters. The molecule has 0 aromatic heterocycles. The first-order chi connectivity index (χ1) is 5.35. The highest BCUT2D eigenvalue weighted by atomic mass is 16.1. The number of carbonyl (C=O) groups is 1. The summed E-state index contributed by atoms with van der Waals surface area (Å²) in [4.78, 5) is 10.0. The van der Waals surface area contributed by atoms with Gasteiger partial charge in [-0.15, -0.1) is 6.58 Å². The average molecular weight is 155 g/mol. The molecular formula is C9H17NO. The number of hydrogen-bond acceptors (Lipinski definition) is 1. The summed E-state index contributed by atoms with van der Waals surface area (Å²) in [7, 11) is 0. The molecular weight excluding hydrogens is 138 g/mol. The minimum absolute atomic E-state index is 0.166. The van der Waals surface area contributed by atoms with Crippen LogP contribution in [-0.2, 0) is 4.79 Å². The maximum atomic E-state index is 10.0. The van der Waals surface area contributed by atoms with Crippen molar-refractivity contribution in [3.63, 3.8) is 0 Å². The van der Waals surface area contributed by atoms with Gasteiger partial charge in [0.1, 0.15) is 0 Å². The number of carbonyl (C=O) groups excluding carboxylic acids is 1. The molecule has 1 amide bonds. The van der Waals surface area contributed by atoms with E-state index < -0.39 is 0 Å². The van der Waals surface area contributed by atoms with Gasteiger partial charge in [0.2, 0.25) is 6.41 Å². The number of unbranched alkanes of at least 4 members (excludes halogenated alkanes) is 2. The minimum atomic E-state index is 0.166. The third-order valence-electron chi connectivity index (χ3n) is 1.69. The molecule has 0 aromatic rings. The van der Waals surface area contributed by atoms with Crippen LogP contribution in [0.2, 0.25) is 0 Å². The number of hydrogen-bond donors (Lipinski definition) is 1. The summed E-state index contributed by atoms with van der Waals surface area (Å²) in [5.41, 5.74) is 0. The standard InChI is InChI=1S/C9H17NO/c1-3-5-6-7-9(4-2)10-8-11/h4,8-9H,2-3,5-7H2,1H3,(H,10,11). The summed E-state index contributed by atoms with van der Waals surface area (Å²) in [6.45, 7) is 5.80. The molecule has 2 heteroatoms. The van der Waals surface area contributed by atoms with Crippen LogP contribution in [0.5, 0.6) is 0 Å². The maximum absolute atomic E-state index is 10.0. The molecule has 1 atom stereocenters. The van der Waals surface area contributed by atoms with Crippen LogP contribution in [0.4, 0.5) is 0 Å². The molecule has 0 aliphatic heterocycles. The Kier molecular flexibility index (Phi) is 6.79. The third-order valence-corrected chi connectivity index (χ3v) is 1.69. The normalized spacial score (nSPS) is 12.1. The Morgan fingerprint density at radius 2 is 2.27 bits per heavy atom. The van der Waals surface area contributed by atoms with E-state index in [2.05, 4.69) is 18.8 Å². The van der Waals surface area contributed by atoms with Gasteiger partial charge in [0, 0.05) is 6.04 Å². The van der Waals surface area contributed by atoms with Gasteiger partial charge >= 0.3 is 0 Å². The highest BCUT2D eigenvalue weighted by molar-refractivity contribution is 5.47. The highest BCUT2D eigenvalue weighted by Gasteiger charge is 1.99. The van der Waals surface area contributed by atoms with Gasteiger partial charge in [-0.1, -0.05) is 32.3 Å². The predicted octanol–water partition coefficient (Wildman–Crippen LogP) is 1.87. The molecule has 0 rings (SSSR count). The SMILES string of the molecule is C=CC(CCCCC)NC=O. The van der Waals surface area contributed by atoms with Crippen molar-refractivity contribution >= 4 is 6.41 Å². The summed E-state index contributed by atoms with van der Waals surface area (Å²) in [6.07, 6.45) is 7.13. The van der Waals surface area contributed by atoms with Crippen LogP contribution >= 0.6 is 0 Å². The monoisotopic (exact) mass is 155 g/mol. The molecule has 2 nitrogen and oxygen atoms in total. The molecule has 11 heavy (non-hydrogen) atoms. The van der Waals surface area contributed by atoms with Crippen molar-refractivity contribution in [2.45, 2.75) is 38.6 Å². The Hall–Kier alpha value is -0.790. The maximum Gasteiger partial charge on any atom is 0.207 e. The summed E-state index contributed by atoms with van der Waals surface area (Å²) in [6, 6.07) is 0.166. The molecule has 0 fully saturated rings. The van der Waals surface area contributed by atoms with E-state index in [1.54, 1.807) is 6.08 Å². The smallest absolute Gasteiger partial charge is 0.207 e. The number of nitrogens with one attached hydrogen (secondary N) is 1. The fraction of sp³-hybridized carbons (Fsp3) is 0.667. The van der Waals surface area contributed by atoms with E-state index in [0.29, 0.717) is 0 Å². The molecule has 1 N–H and O–H groups in total. The van der Waals surface area contributed by atoms with Gasteiger partial charge in [0.05, 0.1) is 0 Å². The van der Waals surface area contributed by atoms with E-state index in [0.717, 1.165) is 19.3 Å². The van der Waals surface area contributed by atoms with E-state index >= 15 is 0 Å². The Morgan fingerprint density at radius 3 is 2.73 bits per heavy atom. The molecule has 0 radical (unpaired) electrons. The predicted molar refractivity (Wildman–Crippen MR) is 47.3 cm³/mol. The Labute approximate surface area is 68.7 Å². The Morgan fingerprint density at radius 1 is 1.55 bits per heavy atom. The topological polar surface area (TPSA) is 29.1 Å². The molecule has 0 aromatic carbocycles. The lowest BCUT2D eigenvalue weighted by Gasteiger charge is -2.09. The molecule has 0 heterocycles. The van der Waals surface area contributed by atoms with E-state index in [-0.39, 0.29) is 6.04 Å². The fourth-order valence-electron chi connectivity index (χ4n) is 0.971. The van der Waals surface area contributed by atoms with E-state index in [4.69, 9.17) is 0 Å². The van der Waals surface area contributed by atoms with E-state index in [1.165, 1.54) is 12.8 Å². The van der Waals surface area contributed by atoms with E-state index in [1.807, 2.05) is 0 Å². The first-order valence-corrected chi connectivity index (χ1v) is 4.17. The second-order valence-corrected chi connectivity index (χ2v) is 2.62. The lowest BCUT2D eigenvalue weighted by atomic mass is 10.1. The van der Waals surface area contributed by atoms with Crippen molar-refractivity contribution < 1.29 is 4.79 Å². The van der Waals surface area contributed by atoms with Crippen molar-refractivity contribution in [3.8, 4) is 0 Å². The Balaban J connectivity index is 3.35. The minimum Gasteiger partial charge on any atom is -0.352 e. The quantitative estimate of drug-likeness (QED) is 0.339. The van der Waals surface area contributed by atoms with Crippen molar-refractivity contribution in [2.75, 3.05) is 0 Å². The lowest BCUT2D eigenvalue weighted by Crippen LogP contribution is -2.24. The van der Waals surface area contributed by atoms with Crippen molar-refractivity contribution in [2.24, 2.45) is 0 Å². The molecule has 0 aliphatic rings. The van der Waals surface area contributed by atoms with Gasteiger partial charge in [0.25, 0.3) is 0 Å². The number of rotatable bonds is 7. The van der Waals surface area contributed by atoms with Gasteiger partial charge in [-0.25, -0.2) is 0 Å². The highest BCUT2D eigenvalue weighted by Crippen LogP contribution is 2.03. The van der Waals surface area contributed by atoms with Crippen molar-refractivity contribution in [1.82, 2.24) is 5.32 Å². The van der Waals surface area contributed by atoms with E-state index in [9.17, 15) is 4.79 Å². The zero-order chi connectivity index (χ0) is 8.53. The van der Waals surface area contributed by atoms with Crippen LogP contribution in [0.1, 0.15) is 32.6 Å². The average Bonchev–Trinajstić information content (AvgIpc) is 2.03. The van der Waals surface area contributed by atoms with Crippen molar-refractivity contribution in [3.05, 3.63) is 12.7 Å². The molecule has 0 spiro atoms. The molecule has 0 saturated heterocycles. The molecule has 0 bridgehead atoms. The van der Waals surface area contributed by atoms with Crippen LogP contribution in [0.25, 0.3) is 0 Å². The molecule has 0 aliphatic carbocycles. The van der Waals surface area contributed by atoms with Gasteiger partial charge in [-0.2, -0.15) is 0 Å². The summed E-state index contributed by atoms with van der Waals surface area (Å²) in [5.74, 6) is 0. The zero-order valence-electron chi connectivity index (χ0n) is 7.18. The first kappa shape index (κ1) is 10.2. The van der Waals surface area contributed by atoms with Gasteiger partial charge in [-0.3, -0.25) is 4.79 Å². The molecule has 0 saturated carbocycles. The van der Waals surface area contributed by atoms with Crippen LogP contribution in [-0.4, -0.2) is 12.5 Å². The number of amides is 1. The summed E-state index contributed by atoms with van der Waals surface area (Å²) >= 11 is 0. The van der Waals surface area contributed by atoms with Crippen LogP contribution in [0.3, 0.4) is 0 Å². The van der Waals surface area contributed by atoms with Crippen LogP contribution in [0, 0.1) is 0 Å².